The number of carbonyl (C=O) groups excluding carboxylic acids is 1. The van der Waals surface area contributed by atoms with Crippen LogP contribution in [-0.4, -0.2) is 40.3 Å². The molecule has 0 aromatic carbocycles. The zero-order valence-corrected chi connectivity index (χ0v) is 14.4. The van der Waals surface area contributed by atoms with Crippen LogP contribution >= 0.6 is 0 Å². The summed E-state index contributed by atoms with van der Waals surface area (Å²) in [7, 11) is 0. The van der Waals surface area contributed by atoms with Crippen molar-refractivity contribution in [3.8, 4) is 0 Å². The summed E-state index contributed by atoms with van der Waals surface area (Å²) in [5.41, 5.74) is -0.628. The smallest absolute Gasteiger partial charge is 0.328 e. The topological polar surface area (TPSA) is 80.0 Å². The van der Waals surface area contributed by atoms with E-state index in [9.17, 15) is 14.7 Å². The molecule has 1 atom stereocenters. The molecule has 3 rings (SSSR count). The van der Waals surface area contributed by atoms with Gasteiger partial charge in [-0.1, -0.05) is 20.8 Å². The minimum absolute atomic E-state index is 0.0297. The quantitative estimate of drug-likeness (QED) is 0.898. The molecule has 1 N–H and O–H groups in total. The molecule has 6 heteroatoms. The van der Waals surface area contributed by atoms with Crippen LogP contribution in [-0.2, 0) is 9.53 Å². The van der Waals surface area contributed by atoms with E-state index in [2.05, 4.69) is 20.8 Å². The van der Waals surface area contributed by atoms with Crippen molar-refractivity contribution in [2.75, 3.05) is 6.61 Å². The van der Waals surface area contributed by atoms with E-state index in [0.717, 1.165) is 12.8 Å². The molecule has 1 aliphatic heterocycles. The van der Waals surface area contributed by atoms with E-state index < -0.39 is 23.6 Å². The maximum absolute atomic E-state index is 12.9. The van der Waals surface area contributed by atoms with Gasteiger partial charge in [0.2, 0.25) is 0 Å². The number of carbonyl (C=O) groups is 2. The third kappa shape index (κ3) is 2.83. The average molecular weight is 335 g/mol. The Morgan fingerprint density at radius 1 is 1.29 bits per heavy atom. The van der Waals surface area contributed by atoms with Gasteiger partial charge >= 0.3 is 5.97 Å². The highest BCUT2D eigenvalue weighted by Crippen LogP contribution is 2.47. The van der Waals surface area contributed by atoms with Crippen LogP contribution in [0.3, 0.4) is 0 Å². The predicted molar refractivity (Wildman–Crippen MR) is 86.4 cm³/mol. The molecule has 1 aliphatic carbocycles. The van der Waals surface area contributed by atoms with Crippen molar-refractivity contribution in [1.82, 2.24) is 4.90 Å². The normalized spacial score (nSPS) is 30.7. The summed E-state index contributed by atoms with van der Waals surface area (Å²) in [4.78, 5) is 25.9. The first-order chi connectivity index (χ1) is 11.2. The summed E-state index contributed by atoms with van der Waals surface area (Å²) in [6.45, 7) is 6.69. The Hall–Kier alpha value is -1.82. The zero-order valence-electron chi connectivity index (χ0n) is 14.4. The van der Waals surface area contributed by atoms with Gasteiger partial charge in [0.25, 0.3) is 5.91 Å². The zero-order chi connectivity index (χ0) is 17.5. The molecule has 132 valence electrons. The van der Waals surface area contributed by atoms with E-state index in [1.54, 1.807) is 12.1 Å². The molecular weight excluding hydrogens is 310 g/mol. The van der Waals surface area contributed by atoms with Gasteiger partial charge in [-0.25, -0.2) is 4.79 Å². The minimum atomic E-state index is -1.04. The largest absolute Gasteiger partial charge is 0.480 e. The average Bonchev–Trinajstić information content (AvgIpc) is 3.14. The molecule has 1 aromatic heterocycles. The van der Waals surface area contributed by atoms with Crippen molar-refractivity contribution in [3.63, 3.8) is 0 Å². The van der Waals surface area contributed by atoms with Crippen molar-refractivity contribution in [3.05, 3.63) is 24.2 Å². The second kappa shape index (κ2) is 5.92. The fourth-order valence-electron chi connectivity index (χ4n) is 4.01. The van der Waals surface area contributed by atoms with Gasteiger partial charge in [0.05, 0.1) is 12.9 Å². The number of amides is 1. The molecule has 2 aliphatic rings. The molecule has 0 bridgehead atoms. The summed E-state index contributed by atoms with van der Waals surface area (Å²) in [6, 6.07) is 2.23. The Labute approximate surface area is 141 Å². The molecule has 0 radical (unpaired) electrons. The first-order valence-electron chi connectivity index (χ1n) is 8.48. The Kier molecular flexibility index (Phi) is 4.20. The Morgan fingerprint density at radius 3 is 2.46 bits per heavy atom. The van der Waals surface area contributed by atoms with E-state index >= 15 is 0 Å². The first-order valence-corrected chi connectivity index (χ1v) is 8.48. The van der Waals surface area contributed by atoms with Crippen LogP contribution in [0.1, 0.15) is 57.0 Å². The molecule has 0 unspecified atom stereocenters. The van der Waals surface area contributed by atoms with E-state index in [-0.39, 0.29) is 17.8 Å². The van der Waals surface area contributed by atoms with Crippen LogP contribution in [0, 0.1) is 11.3 Å². The predicted octanol–water partition coefficient (Wildman–Crippen LogP) is 3.14. The SMILES string of the molecule is CC(C)(C)C1CCC2(CC1)OC[C@@H](C(=O)O)N2C(=O)c1ccco1. The summed E-state index contributed by atoms with van der Waals surface area (Å²) < 4.78 is 11.1. The highest BCUT2D eigenvalue weighted by atomic mass is 16.5. The fourth-order valence-corrected chi connectivity index (χ4v) is 4.01. The van der Waals surface area contributed by atoms with Crippen LogP contribution in [0.25, 0.3) is 0 Å². The van der Waals surface area contributed by atoms with E-state index in [0.29, 0.717) is 18.8 Å². The Bertz CT molecular complexity index is 608. The summed E-state index contributed by atoms with van der Waals surface area (Å²) in [6.07, 6.45) is 4.56. The molecule has 1 spiro atoms. The number of furan rings is 1. The Morgan fingerprint density at radius 2 is 1.96 bits per heavy atom. The van der Waals surface area contributed by atoms with Gasteiger partial charge < -0.3 is 14.3 Å². The third-order valence-electron chi connectivity index (χ3n) is 5.49. The molecule has 2 heterocycles. The molecule has 6 nitrogen and oxygen atoms in total. The lowest BCUT2D eigenvalue weighted by molar-refractivity contribution is -0.144. The van der Waals surface area contributed by atoms with Crippen molar-refractivity contribution < 1.29 is 23.8 Å². The second-order valence-electron chi connectivity index (χ2n) is 7.90. The van der Waals surface area contributed by atoms with Gasteiger partial charge in [-0.2, -0.15) is 0 Å². The van der Waals surface area contributed by atoms with Crippen molar-refractivity contribution in [2.45, 2.75) is 58.2 Å². The monoisotopic (exact) mass is 335 g/mol. The van der Waals surface area contributed by atoms with Gasteiger partial charge in [0.1, 0.15) is 5.72 Å². The number of carboxylic acids is 1. The third-order valence-corrected chi connectivity index (χ3v) is 5.49. The maximum Gasteiger partial charge on any atom is 0.328 e. The molecule has 1 amide bonds. The first kappa shape index (κ1) is 17.0. The van der Waals surface area contributed by atoms with Crippen molar-refractivity contribution in [1.29, 1.82) is 0 Å². The minimum Gasteiger partial charge on any atom is -0.480 e. The highest BCUT2D eigenvalue weighted by Gasteiger charge is 2.55. The number of hydrogen-bond acceptors (Lipinski definition) is 4. The lowest BCUT2D eigenvalue weighted by Crippen LogP contribution is -2.55. The number of ether oxygens (including phenoxy) is 1. The number of nitrogens with zero attached hydrogens (tertiary/aromatic N) is 1. The highest BCUT2D eigenvalue weighted by molar-refractivity contribution is 5.95. The molecule has 24 heavy (non-hydrogen) atoms. The number of hydrogen-bond donors (Lipinski definition) is 1. The van der Waals surface area contributed by atoms with Crippen LogP contribution in [0.15, 0.2) is 22.8 Å². The van der Waals surface area contributed by atoms with Crippen LogP contribution in [0.5, 0.6) is 0 Å². The number of aliphatic carboxylic acids is 1. The van der Waals surface area contributed by atoms with Gasteiger partial charge in [0, 0.05) is 0 Å². The molecule has 1 saturated carbocycles. The van der Waals surface area contributed by atoms with Gasteiger partial charge in [-0.05, 0) is 49.1 Å². The fraction of sp³-hybridized carbons (Fsp3) is 0.667. The lowest BCUT2D eigenvalue weighted by Gasteiger charge is -2.45. The van der Waals surface area contributed by atoms with Crippen LogP contribution in [0.4, 0.5) is 0 Å². The van der Waals surface area contributed by atoms with E-state index in [1.165, 1.54) is 11.2 Å². The Balaban J connectivity index is 1.87. The van der Waals surface area contributed by atoms with Crippen LogP contribution in [0.2, 0.25) is 0 Å². The number of carboxylic acid groups (broad SMARTS) is 1. The van der Waals surface area contributed by atoms with Crippen molar-refractivity contribution >= 4 is 11.9 Å². The summed E-state index contributed by atoms with van der Waals surface area (Å²) >= 11 is 0. The summed E-state index contributed by atoms with van der Waals surface area (Å²) in [5, 5.41) is 9.52. The van der Waals surface area contributed by atoms with Crippen LogP contribution < -0.4 is 0 Å². The van der Waals surface area contributed by atoms with Crippen molar-refractivity contribution in [2.24, 2.45) is 11.3 Å². The molecule has 1 aromatic rings. The van der Waals surface area contributed by atoms with E-state index in [1.807, 2.05) is 0 Å². The van der Waals surface area contributed by atoms with Gasteiger partial charge in [0.15, 0.2) is 11.8 Å². The van der Waals surface area contributed by atoms with Gasteiger partial charge in [-0.3, -0.25) is 9.69 Å². The lowest BCUT2D eigenvalue weighted by atomic mass is 9.70. The van der Waals surface area contributed by atoms with E-state index in [4.69, 9.17) is 9.15 Å². The maximum atomic E-state index is 12.9. The molecule has 1 saturated heterocycles. The number of rotatable bonds is 2. The second-order valence-corrected chi connectivity index (χ2v) is 7.90. The molecule has 2 fully saturated rings. The van der Waals surface area contributed by atoms with Gasteiger partial charge in [-0.15, -0.1) is 0 Å². The molecular formula is C18H25NO5. The standard InChI is InChI=1S/C18H25NO5/c1-17(2,3)12-6-8-18(9-7-12)19(13(11-24-18)16(21)22)15(20)14-5-4-10-23-14/h4-5,10,12-13H,6-9,11H2,1-3H3,(H,21,22)/t12?,13-,18?/m0/s1. The summed E-state index contributed by atoms with van der Waals surface area (Å²) in [5.74, 6) is -0.746.